The zero-order chi connectivity index (χ0) is 16.4. The van der Waals surface area contributed by atoms with Crippen molar-refractivity contribution in [3.63, 3.8) is 0 Å². The molecule has 1 aromatic rings. The molecule has 1 aromatic carbocycles. The van der Waals surface area contributed by atoms with Crippen molar-refractivity contribution in [2.75, 3.05) is 6.61 Å². The van der Waals surface area contributed by atoms with E-state index in [1.165, 1.54) is 0 Å². The molecule has 0 fully saturated rings. The van der Waals surface area contributed by atoms with Crippen LogP contribution in [0.15, 0.2) is 24.3 Å². The Hall–Kier alpha value is -1.84. The van der Waals surface area contributed by atoms with Crippen molar-refractivity contribution in [1.82, 2.24) is 0 Å². The number of esters is 2. The van der Waals surface area contributed by atoms with Crippen LogP contribution in [-0.4, -0.2) is 24.6 Å². The smallest absolute Gasteiger partial charge is 0.338 e. The summed E-state index contributed by atoms with van der Waals surface area (Å²) in [5, 5.41) is 0. The molecule has 1 atom stereocenters. The molecule has 1 unspecified atom stereocenters. The summed E-state index contributed by atoms with van der Waals surface area (Å²) in [6.07, 6.45) is 4.93. The third-order valence-corrected chi connectivity index (χ3v) is 3.32. The quantitative estimate of drug-likeness (QED) is 0.502. The Labute approximate surface area is 132 Å². The van der Waals surface area contributed by atoms with E-state index in [2.05, 4.69) is 6.92 Å². The second kappa shape index (κ2) is 9.98. The lowest BCUT2D eigenvalue weighted by molar-refractivity contribution is 0.0318. The molecule has 0 heterocycles. The molecule has 0 aromatic heterocycles. The number of ether oxygens (including phenoxy) is 2. The maximum Gasteiger partial charge on any atom is 0.338 e. The molecule has 0 amide bonds. The Bertz CT molecular complexity index is 464. The fraction of sp³-hybridized carbons (Fsp3) is 0.556. The van der Waals surface area contributed by atoms with Crippen LogP contribution in [0.25, 0.3) is 0 Å². The zero-order valence-corrected chi connectivity index (χ0v) is 13.8. The summed E-state index contributed by atoms with van der Waals surface area (Å²) in [6.45, 7) is 6.39. The predicted octanol–water partition coefficient (Wildman–Crippen LogP) is 4.38. The third kappa shape index (κ3) is 6.29. The van der Waals surface area contributed by atoms with Crippen molar-refractivity contribution in [1.29, 1.82) is 0 Å². The maximum absolute atomic E-state index is 12.0. The highest BCUT2D eigenvalue weighted by Crippen LogP contribution is 2.11. The Morgan fingerprint density at radius 2 is 1.55 bits per heavy atom. The number of benzene rings is 1. The van der Waals surface area contributed by atoms with Crippen molar-refractivity contribution in [2.45, 2.75) is 59.0 Å². The summed E-state index contributed by atoms with van der Waals surface area (Å²) in [6, 6.07) is 6.39. The molecule has 0 N–H and O–H groups in total. The first-order chi connectivity index (χ1) is 10.6. The topological polar surface area (TPSA) is 52.6 Å². The fourth-order valence-electron chi connectivity index (χ4n) is 2.01. The van der Waals surface area contributed by atoms with Gasteiger partial charge in [0.1, 0.15) is 0 Å². The summed E-state index contributed by atoms with van der Waals surface area (Å²) in [5.74, 6) is -0.716. The van der Waals surface area contributed by atoms with E-state index in [9.17, 15) is 9.59 Å². The van der Waals surface area contributed by atoms with Gasteiger partial charge in [-0.2, -0.15) is 0 Å². The van der Waals surface area contributed by atoms with Gasteiger partial charge in [-0.25, -0.2) is 9.59 Å². The van der Waals surface area contributed by atoms with E-state index >= 15 is 0 Å². The van der Waals surface area contributed by atoms with Gasteiger partial charge in [0, 0.05) is 0 Å². The predicted molar refractivity (Wildman–Crippen MR) is 86.0 cm³/mol. The SMILES string of the molecule is CCCCCC(C)OC(=O)c1ccc(C(=O)OCCC)cc1. The fourth-order valence-corrected chi connectivity index (χ4v) is 2.01. The number of carbonyl (C=O) groups is 2. The van der Waals surface area contributed by atoms with E-state index in [1.807, 2.05) is 13.8 Å². The van der Waals surface area contributed by atoms with E-state index in [4.69, 9.17) is 9.47 Å². The maximum atomic E-state index is 12.0. The molecule has 0 aliphatic carbocycles. The third-order valence-electron chi connectivity index (χ3n) is 3.32. The van der Waals surface area contributed by atoms with Gasteiger partial charge < -0.3 is 9.47 Å². The van der Waals surface area contributed by atoms with Crippen LogP contribution in [0.4, 0.5) is 0 Å². The first-order valence-electron chi connectivity index (χ1n) is 8.06. The molecular formula is C18H26O4. The summed E-state index contributed by atoms with van der Waals surface area (Å²) in [5.41, 5.74) is 0.898. The van der Waals surface area contributed by atoms with Gasteiger partial charge in [-0.05, 0) is 50.5 Å². The van der Waals surface area contributed by atoms with Crippen LogP contribution in [0.2, 0.25) is 0 Å². The number of carbonyl (C=O) groups excluding carboxylic acids is 2. The molecule has 4 nitrogen and oxygen atoms in total. The molecule has 1 rings (SSSR count). The van der Waals surface area contributed by atoms with Gasteiger partial charge >= 0.3 is 11.9 Å². The summed E-state index contributed by atoms with van der Waals surface area (Å²) in [7, 11) is 0. The normalized spacial score (nSPS) is 11.8. The van der Waals surface area contributed by atoms with E-state index in [-0.39, 0.29) is 18.0 Å². The number of hydrogen-bond acceptors (Lipinski definition) is 4. The number of rotatable bonds is 9. The molecular weight excluding hydrogens is 280 g/mol. The first kappa shape index (κ1) is 18.2. The average molecular weight is 306 g/mol. The van der Waals surface area contributed by atoms with Gasteiger partial charge in [-0.15, -0.1) is 0 Å². The van der Waals surface area contributed by atoms with Gasteiger partial charge in [0.15, 0.2) is 0 Å². The standard InChI is InChI=1S/C18H26O4/c1-4-6-7-8-14(3)22-18(20)16-11-9-15(10-12-16)17(19)21-13-5-2/h9-12,14H,4-8,13H2,1-3H3. The monoisotopic (exact) mass is 306 g/mol. The van der Waals surface area contributed by atoms with Crippen molar-refractivity contribution < 1.29 is 19.1 Å². The van der Waals surface area contributed by atoms with Gasteiger partial charge in [0.2, 0.25) is 0 Å². The first-order valence-corrected chi connectivity index (χ1v) is 8.06. The zero-order valence-electron chi connectivity index (χ0n) is 13.8. The molecule has 0 bridgehead atoms. The Morgan fingerprint density at radius 1 is 0.955 bits per heavy atom. The lowest BCUT2D eigenvalue weighted by Gasteiger charge is -2.13. The molecule has 0 saturated heterocycles. The van der Waals surface area contributed by atoms with E-state index in [0.29, 0.717) is 17.7 Å². The number of unbranched alkanes of at least 4 members (excludes halogenated alkanes) is 2. The van der Waals surface area contributed by atoms with Crippen molar-refractivity contribution in [3.8, 4) is 0 Å². The minimum Gasteiger partial charge on any atom is -0.462 e. The largest absolute Gasteiger partial charge is 0.462 e. The lowest BCUT2D eigenvalue weighted by atomic mass is 10.1. The van der Waals surface area contributed by atoms with Gasteiger partial charge in [0.25, 0.3) is 0 Å². The highest BCUT2D eigenvalue weighted by atomic mass is 16.5. The summed E-state index contributed by atoms with van der Waals surface area (Å²) >= 11 is 0. The average Bonchev–Trinajstić information content (AvgIpc) is 2.53. The van der Waals surface area contributed by atoms with E-state index in [1.54, 1.807) is 24.3 Å². The van der Waals surface area contributed by atoms with Crippen LogP contribution in [0.5, 0.6) is 0 Å². The second-order valence-corrected chi connectivity index (χ2v) is 5.42. The van der Waals surface area contributed by atoms with Crippen LogP contribution in [-0.2, 0) is 9.47 Å². The molecule has 0 saturated carbocycles. The van der Waals surface area contributed by atoms with Crippen LogP contribution in [0.3, 0.4) is 0 Å². The van der Waals surface area contributed by atoms with E-state index in [0.717, 1.165) is 32.1 Å². The molecule has 0 radical (unpaired) electrons. The number of hydrogen-bond donors (Lipinski definition) is 0. The molecule has 22 heavy (non-hydrogen) atoms. The molecule has 0 spiro atoms. The lowest BCUT2D eigenvalue weighted by Crippen LogP contribution is -2.15. The van der Waals surface area contributed by atoms with Gasteiger partial charge in [0.05, 0.1) is 23.8 Å². The van der Waals surface area contributed by atoms with Gasteiger partial charge in [-0.1, -0.05) is 26.7 Å². The van der Waals surface area contributed by atoms with Gasteiger partial charge in [-0.3, -0.25) is 0 Å². The van der Waals surface area contributed by atoms with Crippen LogP contribution < -0.4 is 0 Å². The van der Waals surface area contributed by atoms with Crippen LogP contribution in [0, 0.1) is 0 Å². The van der Waals surface area contributed by atoms with Crippen molar-refractivity contribution in [2.24, 2.45) is 0 Å². The summed E-state index contributed by atoms with van der Waals surface area (Å²) < 4.78 is 10.4. The highest BCUT2D eigenvalue weighted by molar-refractivity contribution is 5.93. The second-order valence-electron chi connectivity index (χ2n) is 5.42. The van der Waals surface area contributed by atoms with Crippen molar-refractivity contribution >= 4 is 11.9 Å². The Kier molecular flexibility index (Phi) is 8.26. The van der Waals surface area contributed by atoms with E-state index < -0.39 is 0 Å². The molecule has 122 valence electrons. The Morgan fingerprint density at radius 3 is 2.09 bits per heavy atom. The van der Waals surface area contributed by atoms with Crippen molar-refractivity contribution in [3.05, 3.63) is 35.4 Å². The highest BCUT2D eigenvalue weighted by Gasteiger charge is 2.13. The van der Waals surface area contributed by atoms with Crippen LogP contribution >= 0.6 is 0 Å². The molecule has 0 aliphatic heterocycles. The molecule has 4 heteroatoms. The Balaban J connectivity index is 2.51. The minimum absolute atomic E-state index is 0.0896. The molecule has 0 aliphatic rings. The van der Waals surface area contributed by atoms with Crippen LogP contribution in [0.1, 0.15) is 73.6 Å². The minimum atomic E-state index is -0.366. The summed E-state index contributed by atoms with van der Waals surface area (Å²) in [4.78, 5) is 23.7.